The van der Waals surface area contributed by atoms with Gasteiger partial charge in [0.05, 0.1) is 5.69 Å². The van der Waals surface area contributed by atoms with Crippen LogP contribution in [0.3, 0.4) is 0 Å². The average molecular weight is 235 g/mol. The number of hydrogen-bond acceptors (Lipinski definition) is 4. The summed E-state index contributed by atoms with van der Waals surface area (Å²) in [5.74, 6) is 0.451. The highest BCUT2D eigenvalue weighted by atomic mass is 16.3. The van der Waals surface area contributed by atoms with Crippen LogP contribution in [0.25, 0.3) is 0 Å². The average Bonchev–Trinajstić information content (AvgIpc) is 2.78. The van der Waals surface area contributed by atoms with E-state index in [1.54, 1.807) is 0 Å². The molecular weight excluding hydrogens is 214 g/mol. The molecule has 0 bridgehead atoms. The Kier molecular flexibility index (Phi) is 4.34. The third kappa shape index (κ3) is 3.41. The molecule has 1 saturated heterocycles. The van der Waals surface area contributed by atoms with Crippen molar-refractivity contribution >= 4 is 5.69 Å². The molecule has 1 aliphatic rings. The first kappa shape index (κ1) is 12.3. The molecule has 1 atom stereocenters. The van der Waals surface area contributed by atoms with Gasteiger partial charge in [-0.05, 0) is 37.9 Å². The zero-order valence-corrected chi connectivity index (χ0v) is 10.4. The van der Waals surface area contributed by atoms with E-state index in [-0.39, 0.29) is 0 Å². The fourth-order valence-corrected chi connectivity index (χ4v) is 2.31. The van der Waals surface area contributed by atoms with Gasteiger partial charge in [-0.3, -0.25) is 9.88 Å². The number of aromatic nitrogens is 1. The van der Waals surface area contributed by atoms with Crippen molar-refractivity contribution in [3.05, 3.63) is 24.0 Å². The second-order valence-electron chi connectivity index (χ2n) is 4.64. The Morgan fingerprint density at radius 3 is 3.18 bits per heavy atom. The summed E-state index contributed by atoms with van der Waals surface area (Å²) in [5.41, 5.74) is 2.23. The molecule has 0 spiro atoms. The van der Waals surface area contributed by atoms with Gasteiger partial charge in [-0.1, -0.05) is 0 Å². The van der Waals surface area contributed by atoms with E-state index in [1.165, 1.54) is 0 Å². The highest BCUT2D eigenvalue weighted by Crippen LogP contribution is 2.18. The van der Waals surface area contributed by atoms with E-state index in [0.717, 1.165) is 44.0 Å². The molecule has 1 fully saturated rings. The molecular formula is C13H21N3O. The van der Waals surface area contributed by atoms with Gasteiger partial charge in [-0.15, -0.1) is 0 Å². The molecule has 17 heavy (non-hydrogen) atoms. The Balaban J connectivity index is 1.92. The van der Waals surface area contributed by atoms with Crippen LogP contribution in [0.4, 0.5) is 5.69 Å². The molecule has 1 unspecified atom stereocenters. The van der Waals surface area contributed by atoms with Gasteiger partial charge in [0, 0.05) is 38.1 Å². The predicted octanol–water partition coefficient (Wildman–Crippen LogP) is 1.33. The third-order valence-electron chi connectivity index (χ3n) is 3.21. The summed E-state index contributed by atoms with van der Waals surface area (Å²) in [4.78, 5) is 6.75. The topological polar surface area (TPSA) is 48.4 Å². The maximum Gasteiger partial charge on any atom is 0.0564 e. The van der Waals surface area contributed by atoms with Gasteiger partial charge in [0.2, 0.25) is 0 Å². The van der Waals surface area contributed by atoms with Crippen LogP contribution in [0.2, 0.25) is 0 Å². The van der Waals surface area contributed by atoms with Gasteiger partial charge < -0.3 is 10.4 Å². The lowest BCUT2D eigenvalue weighted by Gasteiger charge is -2.15. The molecule has 1 aromatic rings. The van der Waals surface area contributed by atoms with Crippen molar-refractivity contribution in [1.29, 1.82) is 0 Å². The maximum atomic E-state index is 9.11. The minimum Gasteiger partial charge on any atom is -0.396 e. The van der Waals surface area contributed by atoms with E-state index in [0.29, 0.717) is 12.5 Å². The van der Waals surface area contributed by atoms with Crippen molar-refractivity contribution in [3.8, 4) is 0 Å². The maximum absolute atomic E-state index is 9.11. The van der Waals surface area contributed by atoms with Crippen LogP contribution in [0, 0.1) is 5.92 Å². The summed E-state index contributed by atoms with van der Waals surface area (Å²) in [6.45, 7) is 6.27. The second-order valence-corrected chi connectivity index (χ2v) is 4.64. The van der Waals surface area contributed by atoms with Gasteiger partial charge in [0.1, 0.15) is 0 Å². The first-order valence-electron chi connectivity index (χ1n) is 6.34. The van der Waals surface area contributed by atoms with Crippen molar-refractivity contribution in [3.63, 3.8) is 0 Å². The van der Waals surface area contributed by atoms with Crippen LogP contribution in [0.5, 0.6) is 0 Å². The molecule has 1 aliphatic heterocycles. The molecule has 94 valence electrons. The van der Waals surface area contributed by atoms with E-state index < -0.39 is 0 Å². The number of likely N-dealkylation sites (tertiary alicyclic amines) is 1. The summed E-state index contributed by atoms with van der Waals surface area (Å²) in [6, 6.07) is 4.10. The van der Waals surface area contributed by atoms with E-state index in [2.05, 4.69) is 28.2 Å². The second kappa shape index (κ2) is 5.98. The minimum absolute atomic E-state index is 0.307. The Morgan fingerprint density at radius 1 is 1.59 bits per heavy atom. The molecule has 2 N–H and O–H groups in total. The monoisotopic (exact) mass is 235 g/mol. The Labute approximate surface area is 103 Å². The Hall–Kier alpha value is -1.13. The molecule has 0 saturated carbocycles. The van der Waals surface area contributed by atoms with E-state index in [4.69, 9.17) is 5.11 Å². The smallest absolute Gasteiger partial charge is 0.0564 e. The van der Waals surface area contributed by atoms with Crippen molar-refractivity contribution in [2.45, 2.75) is 19.9 Å². The van der Waals surface area contributed by atoms with Crippen LogP contribution in [0.15, 0.2) is 18.3 Å². The lowest BCUT2D eigenvalue weighted by atomic mass is 10.1. The molecule has 2 heterocycles. The fraction of sp³-hybridized carbons (Fsp3) is 0.615. The van der Waals surface area contributed by atoms with Gasteiger partial charge in [-0.2, -0.15) is 0 Å². The van der Waals surface area contributed by atoms with Crippen LogP contribution in [-0.4, -0.2) is 41.2 Å². The van der Waals surface area contributed by atoms with Crippen LogP contribution < -0.4 is 5.32 Å². The molecule has 0 radical (unpaired) electrons. The van der Waals surface area contributed by atoms with Gasteiger partial charge >= 0.3 is 0 Å². The molecule has 0 aromatic carbocycles. The lowest BCUT2D eigenvalue weighted by molar-refractivity contribution is 0.219. The van der Waals surface area contributed by atoms with Crippen molar-refractivity contribution in [1.82, 2.24) is 9.88 Å². The lowest BCUT2D eigenvalue weighted by Crippen LogP contribution is -2.21. The minimum atomic E-state index is 0.307. The number of pyridine rings is 1. The summed E-state index contributed by atoms with van der Waals surface area (Å²) in [6.07, 6.45) is 2.95. The third-order valence-corrected chi connectivity index (χ3v) is 3.21. The number of nitrogens with zero attached hydrogens (tertiary/aromatic N) is 2. The van der Waals surface area contributed by atoms with Crippen molar-refractivity contribution < 1.29 is 5.11 Å². The zero-order chi connectivity index (χ0) is 12.1. The van der Waals surface area contributed by atoms with Crippen LogP contribution in [-0.2, 0) is 6.54 Å². The molecule has 0 amide bonds. The zero-order valence-electron chi connectivity index (χ0n) is 10.4. The normalized spacial score (nSPS) is 20.7. The van der Waals surface area contributed by atoms with Gasteiger partial charge in [0.25, 0.3) is 0 Å². The summed E-state index contributed by atoms with van der Waals surface area (Å²) < 4.78 is 0. The summed E-state index contributed by atoms with van der Waals surface area (Å²) in [5, 5.41) is 12.4. The highest BCUT2D eigenvalue weighted by molar-refractivity contribution is 5.42. The first-order valence-corrected chi connectivity index (χ1v) is 6.34. The number of aliphatic hydroxyl groups is 1. The van der Waals surface area contributed by atoms with Gasteiger partial charge in [0.15, 0.2) is 0 Å². The van der Waals surface area contributed by atoms with Crippen molar-refractivity contribution in [2.75, 3.05) is 31.6 Å². The largest absolute Gasteiger partial charge is 0.396 e. The summed E-state index contributed by atoms with van der Waals surface area (Å²) in [7, 11) is 0. The Morgan fingerprint density at radius 2 is 2.47 bits per heavy atom. The predicted molar refractivity (Wildman–Crippen MR) is 68.9 cm³/mol. The summed E-state index contributed by atoms with van der Waals surface area (Å²) >= 11 is 0. The van der Waals surface area contributed by atoms with E-state index >= 15 is 0 Å². The van der Waals surface area contributed by atoms with E-state index in [1.807, 2.05) is 12.3 Å². The number of hydrogen-bond donors (Lipinski definition) is 2. The molecule has 4 heteroatoms. The first-order chi connectivity index (χ1) is 8.31. The standard InChI is InChI=1S/C13H21N3O/c1-2-14-12-3-5-15-13(7-12)9-16-6-4-11(8-16)10-17/h3,5,7,11,17H,2,4,6,8-10H2,1H3,(H,14,15). The Bertz CT molecular complexity index is 356. The number of nitrogens with one attached hydrogen (secondary N) is 1. The number of aliphatic hydroxyl groups excluding tert-OH is 1. The quantitative estimate of drug-likeness (QED) is 0.808. The van der Waals surface area contributed by atoms with Gasteiger partial charge in [-0.25, -0.2) is 0 Å². The molecule has 4 nitrogen and oxygen atoms in total. The fourth-order valence-electron chi connectivity index (χ4n) is 2.31. The SMILES string of the molecule is CCNc1ccnc(CN2CCC(CO)C2)c1. The molecule has 0 aliphatic carbocycles. The van der Waals surface area contributed by atoms with E-state index in [9.17, 15) is 0 Å². The number of rotatable bonds is 5. The highest BCUT2D eigenvalue weighted by Gasteiger charge is 2.21. The molecule has 1 aromatic heterocycles. The van der Waals surface area contributed by atoms with Crippen LogP contribution in [0.1, 0.15) is 19.0 Å². The van der Waals surface area contributed by atoms with Crippen LogP contribution >= 0.6 is 0 Å². The molecule has 2 rings (SSSR count). The number of anilines is 1. The van der Waals surface area contributed by atoms with Crippen molar-refractivity contribution in [2.24, 2.45) is 5.92 Å².